The largest absolute Gasteiger partial charge is 0.453 e. The van der Waals surface area contributed by atoms with Gasteiger partial charge in [-0.2, -0.15) is 0 Å². The average molecular weight is 864 g/mol. The first-order valence-electron chi connectivity index (χ1n) is 19.5. The fraction of sp³-hybridized carbons (Fsp3) is 0.279. The van der Waals surface area contributed by atoms with Gasteiger partial charge in [0.25, 0.3) is 0 Å². The van der Waals surface area contributed by atoms with Crippen molar-refractivity contribution < 1.29 is 23.9 Å². The van der Waals surface area contributed by atoms with Gasteiger partial charge in [-0.1, -0.05) is 60.7 Å². The highest BCUT2D eigenvalue weighted by atomic mass is 32.1. The van der Waals surface area contributed by atoms with E-state index in [-0.39, 0.29) is 17.7 Å². The van der Waals surface area contributed by atoms with Crippen LogP contribution in [-0.2, 0) is 19.1 Å². The predicted octanol–water partition coefficient (Wildman–Crippen LogP) is 8.06. The molecule has 0 spiro atoms. The summed E-state index contributed by atoms with van der Waals surface area (Å²) in [4.78, 5) is 73.6. The van der Waals surface area contributed by atoms with Crippen LogP contribution in [0.15, 0.2) is 104 Å². The summed E-state index contributed by atoms with van der Waals surface area (Å²) < 4.78 is 7.16. The highest BCUT2D eigenvalue weighted by Crippen LogP contribution is 2.43. The Morgan fingerprint density at radius 3 is 1.62 bits per heavy atom. The number of ether oxygens (including phenoxy) is 1. The summed E-state index contributed by atoms with van der Waals surface area (Å²) >= 11 is 5.23. The number of fused-ring (bicyclic) bond motifs is 1. The van der Waals surface area contributed by atoms with Crippen LogP contribution in [0, 0.1) is 0 Å². The quantitative estimate of drug-likeness (QED) is 0.113. The molecule has 2 unspecified atom stereocenters. The van der Waals surface area contributed by atoms with Crippen molar-refractivity contribution in [2.75, 3.05) is 33.3 Å². The van der Waals surface area contributed by atoms with Crippen molar-refractivity contribution >= 4 is 67.2 Å². The number of nitrogens with one attached hydrogen (secondary N) is 4. The Labute approximate surface area is 359 Å². The zero-order valence-corrected chi connectivity index (χ0v) is 35.6. The van der Waals surface area contributed by atoms with E-state index in [9.17, 15) is 19.2 Å². The highest BCUT2D eigenvalue weighted by molar-refractivity contribution is 7.32. The molecule has 17 heteroatoms. The summed E-state index contributed by atoms with van der Waals surface area (Å²) in [6.07, 6.45) is 12.5. The first kappa shape index (κ1) is 42.0. The Morgan fingerprint density at radius 1 is 0.650 bits per heavy atom. The SMILES string of the molecule is CC(=O)NC(C(=O)N1CCCC1)c1ccccc1.COC(=O)NC(C(=O)N1CCCC1)c1ccccc1.c1ncc(-c2cnc(-c3cc4sc(-c5cnc[nH]5)cc4s3)s2)[nH]1. The van der Waals surface area contributed by atoms with E-state index >= 15 is 0 Å². The highest BCUT2D eigenvalue weighted by Gasteiger charge is 2.30. The lowest BCUT2D eigenvalue weighted by Crippen LogP contribution is -2.41. The number of hydrogen-bond acceptors (Lipinski definition) is 11. The molecule has 7 aromatic rings. The summed E-state index contributed by atoms with van der Waals surface area (Å²) in [5, 5.41) is 6.40. The number of likely N-dealkylation sites (tertiary alicyclic amines) is 2. The molecule has 2 saturated heterocycles. The number of alkyl carbamates (subject to hydrolysis) is 1. The van der Waals surface area contributed by atoms with Crippen LogP contribution in [-0.4, -0.2) is 91.8 Å². The number of nitrogens with zero attached hydrogens (tertiary/aromatic N) is 5. The lowest BCUT2D eigenvalue weighted by Gasteiger charge is -2.23. The van der Waals surface area contributed by atoms with Gasteiger partial charge in [-0.05, 0) is 48.9 Å². The zero-order chi connectivity index (χ0) is 41.8. The van der Waals surface area contributed by atoms with Crippen LogP contribution in [0.25, 0.3) is 40.4 Å². The number of methoxy groups -OCH3 is 1. The van der Waals surface area contributed by atoms with Crippen molar-refractivity contribution in [2.24, 2.45) is 0 Å². The van der Waals surface area contributed by atoms with Gasteiger partial charge in [0.15, 0.2) is 0 Å². The number of benzene rings is 2. The molecule has 310 valence electrons. The third kappa shape index (κ3) is 10.5. The van der Waals surface area contributed by atoms with Crippen LogP contribution in [0.3, 0.4) is 0 Å². The maximum Gasteiger partial charge on any atom is 0.407 e. The Kier molecular flexibility index (Phi) is 14.1. The van der Waals surface area contributed by atoms with E-state index in [1.54, 1.807) is 51.6 Å². The molecule has 0 aliphatic carbocycles. The van der Waals surface area contributed by atoms with Gasteiger partial charge >= 0.3 is 6.09 Å². The number of carbonyl (C=O) groups is 4. The number of H-pyrrole nitrogens is 2. The number of thiazole rings is 1. The fourth-order valence-corrected chi connectivity index (χ4v) is 10.2. The molecule has 2 aliphatic heterocycles. The maximum atomic E-state index is 12.5. The van der Waals surface area contributed by atoms with E-state index in [1.807, 2.05) is 84.2 Å². The van der Waals surface area contributed by atoms with Gasteiger partial charge in [-0.25, -0.2) is 19.7 Å². The lowest BCUT2D eigenvalue weighted by atomic mass is 10.1. The van der Waals surface area contributed by atoms with Crippen LogP contribution in [0.4, 0.5) is 4.79 Å². The molecule has 14 nitrogen and oxygen atoms in total. The molecule has 4 N–H and O–H groups in total. The van der Waals surface area contributed by atoms with Gasteiger partial charge in [0.1, 0.15) is 17.1 Å². The third-order valence-electron chi connectivity index (χ3n) is 9.84. The molecular weight excluding hydrogens is 819 g/mol. The molecule has 0 saturated carbocycles. The molecule has 4 amide bonds. The molecule has 0 radical (unpaired) electrons. The van der Waals surface area contributed by atoms with Crippen LogP contribution < -0.4 is 10.6 Å². The normalized spacial score (nSPS) is 14.4. The van der Waals surface area contributed by atoms with E-state index in [0.29, 0.717) is 0 Å². The Hall–Kier alpha value is -6.17. The second-order valence-corrected chi connectivity index (χ2v) is 17.2. The van der Waals surface area contributed by atoms with Gasteiger partial charge in [0, 0.05) is 48.7 Å². The number of imidazole rings is 2. The Balaban J connectivity index is 0.000000138. The second kappa shape index (κ2) is 20.2. The van der Waals surface area contributed by atoms with E-state index < -0.39 is 18.2 Å². The minimum atomic E-state index is -0.674. The first-order valence-corrected chi connectivity index (χ1v) is 22.0. The number of aromatic nitrogens is 5. The molecule has 9 rings (SSSR count). The van der Waals surface area contributed by atoms with Crippen molar-refractivity contribution in [1.29, 1.82) is 0 Å². The van der Waals surface area contributed by atoms with Crippen molar-refractivity contribution in [2.45, 2.75) is 44.7 Å². The number of carbonyl (C=O) groups excluding carboxylic acids is 4. The van der Waals surface area contributed by atoms with Crippen LogP contribution in [0.2, 0.25) is 0 Å². The smallest absolute Gasteiger partial charge is 0.407 e. The predicted molar refractivity (Wildman–Crippen MR) is 235 cm³/mol. The van der Waals surface area contributed by atoms with E-state index in [1.165, 1.54) is 33.2 Å². The van der Waals surface area contributed by atoms with Gasteiger partial charge in [0.05, 0.1) is 58.2 Å². The molecule has 60 heavy (non-hydrogen) atoms. The molecule has 7 heterocycles. The summed E-state index contributed by atoms with van der Waals surface area (Å²) in [5.74, 6) is -0.264. The number of thiophene rings is 2. The molecule has 2 atom stereocenters. The lowest BCUT2D eigenvalue weighted by molar-refractivity contribution is -0.135. The molecular formula is C43H45N9O5S3. The molecule has 0 bridgehead atoms. The molecule has 5 aromatic heterocycles. The fourth-order valence-electron chi connectivity index (χ4n) is 6.85. The third-order valence-corrected chi connectivity index (χ3v) is 13.4. The molecule has 2 fully saturated rings. The Morgan fingerprint density at radius 2 is 1.13 bits per heavy atom. The number of aromatic amines is 2. The summed E-state index contributed by atoms with van der Waals surface area (Å²) in [7, 11) is 1.29. The van der Waals surface area contributed by atoms with Crippen LogP contribution >= 0.6 is 34.0 Å². The van der Waals surface area contributed by atoms with E-state index in [2.05, 4.69) is 52.4 Å². The van der Waals surface area contributed by atoms with Crippen molar-refractivity contribution in [1.82, 2.24) is 45.4 Å². The van der Waals surface area contributed by atoms with Crippen molar-refractivity contribution in [3.05, 3.63) is 115 Å². The van der Waals surface area contributed by atoms with Gasteiger partial charge < -0.3 is 35.1 Å². The molecule has 2 aromatic carbocycles. The van der Waals surface area contributed by atoms with Crippen LogP contribution in [0.1, 0.15) is 55.8 Å². The minimum absolute atomic E-state index is 0.00565. The number of rotatable bonds is 9. The number of hydrogen-bond donors (Lipinski definition) is 4. The van der Waals surface area contributed by atoms with Crippen molar-refractivity contribution in [3.63, 3.8) is 0 Å². The van der Waals surface area contributed by atoms with Crippen molar-refractivity contribution in [3.8, 4) is 31.0 Å². The Bertz CT molecular complexity index is 2420. The van der Waals surface area contributed by atoms with Crippen LogP contribution in [0.5, 0.6) is 0 Å². The summed E-state index contributed by atoms with van der Waals surface area (Å²) in [6.45, 7) is 4.53. The molecule has 2 aliphatic rings. The minimum Gasteiger partial charge on any atom is -0.453 e. The monoisotopic (exact) mass is 863 g/mol. The zero-order valence-electron chi connectivity index (χ0n) is 33.1. The van der Waals surface area contributed by atoms with Gasteiger partial charge in [-0.3, -0.25) is 14.4 Å². The standard InChI is InChI=1S/C15H9N5S3.C14H18N2O3.C14H18N2O2/c1-10(8-3-16-6-19-8)21-12-2-13(22-11(1)12)15-18-5-14(23-15)9-4-17-7-20-9;1-19-14(18)15-12(11-7-3-2-4-8-11)13(17)16-9-5-6-10-16;1-11(17)15-13(12-7-3-2-4-8-12)14(18)16-9-5-6-10-16/h1-7H,(H,16,19)(H,17,20);2-4,7-8,12H,5-6,9-10H2,1H3,(H,15,18);2-4,7-8,13H,5-6,9-10H2,1H3,(H,15,17). The first-order chi connectivity index (χ1) is 29.3. The summed E-state index contributed by atoms with van der Waals surface area (Å²) in [6, 6.07) is 21.8. The van der Waals surface area contributed by atoms with E-state index in [0.717, 1.165) is 84.3 Å². The van der Waals surface area contributed by atoms with E-state index in [4.69, 9.17) is 0 Å². The number of amides is 4. The average Bonchev–Trinajstić information content (AvgIpc) is 4.11. The second-order valence-electron chi connectivity index (χ2n) is 14.0. The topological polar surface area (TPSA) is 178 Å². The van der Waals surface area contributed by atoms with Gasteiger partial charge in [0.2, 0.25) is 17.7 Å². The summed E-state index contributed by atoms with van der Waals surface area (Å²) in [5.41, 5.74) is 3.68. The maximum absolute atomic E-state index is 12.5. The van der Waals surface area contributed by atoms with Gasteiger partial charge in [-0.15, -0.1) is 34.0 Å².